The Morgan fingerprint density at radius 1 is 1.38 bits per heavy atom. The minimum absolute atomic E-state index is 0.101. The summed E-state index contributed by atoms with van der Waals surface area (Å²) in [7, 11) is 0. The molecule has 0 aliphatic heterocycles. The van der Waals surface area contributed by atoms with E-state index in [1.54, 1.807) is 6.07 Å². The van der Waals surface area contributed by atoms with Crippen LogP contribution in [0.2, 0.25) is 5.15 Å². The Morgan fingerprint density at radius 2 is 2.14 bits per heavy atom. The van der Waals surface area contributed by atoms with Crippen LogP contribution in [0.15, 0.2) is 41.0 Å². The van der Waals surface area contributed by atoms with Crippen LogP contribution in [0.25, 0.3) is 0 Å². The molecule has 1 amide bonds. The lowest BCUT2D eigenvalue weighted by molar-refractivity contribution is -0.0498. The fraction of sp³-hybridized carbons (Fsp3) is 0.0769. The second-order valence-electron chi connectivity index (χ2n) is 3.85. The lowest BCUT2D eigenvalue weighted by atomic mass is 10.2. The molecule has 2 aromatic rings. The number of nitrogens with one attached hydrogen (secondary N) is 1. The van der Waals surface area contributed by atoms with Crippen LogP contribution in [0.5, 0.6) is 5.75 Å². The average molecular weight is 378 g/mol. The lowest BCUT2D eigenvalue weighted by Crippen LogP contribution is -2.13. The van der Waals surface area contributed by atoms with Crippen LogP contribution in [-0.4, -0.2) is 17.5 Å². The van der Waals surface area contributed by atoms with Gasteiger partial charge in [-0.1, -0.05) is 17.7 Å². The summed E-state index contributed by atoms with van der Waals surface area (Å²) in [6.45, 7) is -2.95. The number of benzene rings is 1. The predicted octanol–water partition coefficient (Wildman–Crippen LogP) is 4.35. The maximum Gasteiger partial charge on any atom is 0.387 e. The number of amides is 1. The summed E-state index contributed by atoms with van der Waals surface area (Å²) in [6.07, 6.45) is 1.48. The highest BCUT2D eigenvalue weighted by molar-refractivity contribution is 9.10. The monoisotopic (exact) mass is 376 g/mol. The highest BCUT2D eigenvalue weighted by Gasteiger charge is 2.12. The molecule has 4 nitrogen and oxygen atoms in total. The van der Waals surface area contributed by atoms with Crippen molar-refractivity contribution < 1.29 is 18.3 Å². The predicted molar refractivity (Wildman–Crippen MR) is 78.0 cm³/mol. The lowest BCUT2D eigenvalue weighted by Gasteiger charge is -2.09. The molecule has 1 N–H and O–H groups in total. The van der Waals surface area contributed by atoms with Gasteiger partial charge in [-0.2, -0.15) is 8.78 Å². The van der Waals surface area contributed by atoms with E-state index in [2.05, 4.69) is 31.0 Å². The van der Waals surface area contributed by atoms with Gasteiger partial charge in [0.25, 0.3) is 5.91 Å². The van der Waals surface area contributed by atoms with Crippen LogP contribution < -0.4 is 10.1 Å². The Bertz CT molecular complexity index is 670. The molecule has 8 heteroatoms. The zero-order valence-electron chi connectivity index (χ0n) is 10.3. The molecule has 0 fully saturated rings. The van der Waals surface area contributed by atoms with Gasteiger partial charge in [0.1, 0.15) is 5.75 Å². The van der Waals surface area contributed by atoms with Crippen molar-refractivity contribution in [1.82, 2.24) is 4.98 Å². The molecule has 0 saturated carbocycles. The zero-order chi connectivity index (χ0) is 15.4. The van der Waals surface area contributed by atoms with Gasteiger partial charge in [0, 0.05) is 16.2 Å². The molecule has 0 saturated heterocycles. The van der Waals surface area contributed by atoms with Crippen LogP contribution in [0, 0.1) is 0 Å². The summed E-state index contributed by atoms with van der Waals surface area (Å²) in [4.78, 5) is 15.9. The van der Waals surface area contributed by atoms with Crippen molar-refractivity contribution in [3.63, 3.8) is 0 Å². The molecular weight excluding hydrogens is 370 g/mol. The van der Waals surface area contributed by atoms with E-state index in [1.807, 2.05) is 0 Å². The second kappa shape index (κ2) is 6.82. The number of carbonyl (C=O) groups excluding carboxylic acids is 1. The third kappa shape index (κ3) is 4.37. The van der Waals surface area contributed by atoms with Gasteiger partial charge in [0.2, 0.25) is 0 Å². The van der Waals surface area contributed by atoms with E-state index >= 15 is 0 Å². The Balaban J connectivity index is 2.18. The van der Waals surface area contributed by atoms with E-state index in [0.29, 0.717) is 10.2 Å². The maximum absolute atomic E-state index is 12.1. The number of carbonyl (C=O) groups is 1. The molecule has 1 aromatic heterocycles. The summed E-state index contributed by atoms with van der Waals surface area (Å²) < 4.78 is 29.2. The topological polar surface area (TPSA) is 51.2 Å². The Morgan fingerprint density at radius 3 is 2.86 bits per heavy atom. The molecule has 0 spiro atoms. The van der Waals surface area contributed by atoms with E-state index < -0.39 is 12.5 Å². The molecule has 0 aliphatic carbocycles. The minimum atomic E-state index is -2.95. The summed E-state index contributed by atoms with van der Waals surface area (Å²) in [6, 6.07) is 7.02. The van der Waals surface area contributed by atoms with E-state index in [9.17, 15) is 13.6 Å². The van der Waals surface area contributed by atoms with Crippen LogP contribution >= 0.6 is 27.5 Å². The van der Waals surface area contributed by atoms with Crippen molar-refractivity contribution in [2.24, 2.45) is 0 Å². The maximum atomic E-state index is 12.1. The van der Waals surface area contributed by atoms with Gasteiger partial charge in [-0.3, -0.25) is 4.79 Å². The minimum Gasteiger partial charge on any atom is -0.435 e. The quantitative estimate of drug-likeness (QED) is 0.806. The fourth-order valence-corrected chi connectivity index (χ4v) is 2.00. The Labute approximate surface area is 132 Å². The van der Waals surface area contributed by atoms with Gasteiger partial charge in [0.15, 0.2) is 5.15 Å². The molecule has 0 bridgehead atoms. The van der Waals surface area contributed by atoms with Crippen LogP contribution in [0.3, 0.4) is 0 Å². The van der Waals surface area contributed by atoms with Crippen molar-refractivity contribution in [1.29, 1.82) is 0 Å². The van der Waals surface area contributed by atoms with Gasteiger partial charge in [-0.15, -0.1) is 0 Å². The van der Waals surface area contributed by atoms with Gasteiger partial charge in [-0.25, -0.2) is 4.98 Å². The SMILES string of the molecule is O=C(Nc1cc(Br)cnc1Cl)c1cccc(OC(F)F)c1. The smallest absolute Gasteiger partial charge is 0.387 e. The second-order valence-corrected chi connectivity index (χ2v) is 5.13. The third-order valence-corrected chi connectivity index (χ3v) is 3.11. The van der Waals surface area contributed by atoms with Gasteiger partial charge in [-0.05, 0) is 40.2 Å². The number of nitrogens with zero attached hydrogens (tertiary/aromatic N) is 1. The summed E-state index contributed by atoms with van der Waals surface area (Å²) in [5.74, 6) is -0.618. The number of anilines is 1. The van der Waals surface area contributed by atoms with E-state index in [0.717, 1.165) is 0 Å². The largest absolute Gasteiger partial charge is 0.435 e. The van der Waals surface area contributed by atoms with Crippen molar-refractivity contribution in [3.05, 3.63) is 51.7 Å². The van der Waals surface area contributed by atoms with Crippen molar-refractivity contribution in [2.75, 3.05) is 5.32 Å². The third-order valence-electron chi connectivity index (χ3n) is 2.38. The number of ether oxygens (including phenoxy) is 1. The van der Waals surface area contributed by atoms with E-state index in [-0.39, 0.29) is 16.5 Å². The molecule has 0 aliphatic rings. The molecular formula is C13H8BrClF2N2O2. The number of pyridine rings is 1. The van der Waals surface area contributed by atoms with Crippen molar-refractivity contribution in [2.45, 2.75) is 6.61 Å². The van der Waals surface area contributed by atoms with Gasteiger partial charge < -0.3 is 10.1 Å². The fourth-order valence-electron chi connectivity index (χ4n) is 1.52. The van der Waals surface area contributed by atoms with E-state index in [4.69, 9.17) is 11.6 Å². The first-order valence-electron chi connectivity index (χ1n) is 5.63. The number of rotatable bonds is 4. The summed E-state index contributed by atoms with van der Waals surface area (Å²) in [5, 5.41) is 2.66. The first-order valence-corrected chi connectivity index (χ1v) is 6.80. The van der Waals surface area contributed by atoms with Crippen molar-refractivity contribution >= 4 is 39.1 Å². The van der Waals surface area contributed by atoms with Gasteiger partial charge >= 0.3 is 6.61 Å². The molecule has 0 radical (unpaired) electrons. The first kappa shape index (κ1) is 15.7. The molecule has 1 heterocycles. The van der Waals surface area contributed by atoms with Crippen LogP contribution in [0.4, 0.5) is 14.5 Å². The van der Waals surface area contributed by atoms with Gasteiger partial charge in [0.05, 0.1) is 5.69 Å². The zero-order valence-corrected chi connectivity index (χ0v) is 12.7. The molecule has 21 heavy (non-hydrogen) atoms. The van der Waals surface area contributed by atoms with E-state index in [1.165, 1.54) is 30.5 Å². The number of hydrogen-bond donors (Lipinski definition) is 1. The number of hydrogen-bond acceptors (Lipinski definition) is 3. The molecule has 2 rings (SSSR count). The standard InChI is InChI=1S/C13H8BrClF2N2O2/c14-8-5-10(11(15)18-6-8)19-12(20)7-2-1-3-9(4-7)21-13(16)17/h1-6,13H,(H,19,20). The normalized spacial score (nSPS) is 10.5. The molecule has 0 unspecified atom stereocenters. The molecule has 110 valence electrons. The van der Waals surface area contributed by atoms with Crippen LogP contribution in [-0.2, 0) is 0 Å². The number of halogens is 4. The first-order chi connectivity index (χ1) is 9.95. The summed E-state index contributed by atoms with van der Waals surface area (Å²) >= 11 is 9.06. The van der Waals surface area contributed by atoms with Crippen molar-refractivity contribution in [3.8, 4) is 5.75 Å². The Kier molecular flexibility index (Phi) is 5.08. The average Bonchev–Trinajstić information content (AvgIpc) is 2.42. The number of alkyl halides is 2. The molecule has 1 aromatic carbocycles. The Hall–Kier alpha value is -1.73. The number of aromatic nitrogens is 1. The highest BCUT2D eigenvalue weighted by Crippen LogP contribution is 2.24. The highest BCUT2D eigenvalue weighted by atomic mass is 79.9. The van der Waals surface area contributed by atoms with Crippen LogP contribution in [0.1, 0.15) is 10.4 Å². The summed E-state index contributed by atoms with van der Waals surface area (Å²) in [5.41, 5.74) is 0.459. The molecule has 0 atom stereocenters.